The third kappa shape index (κ3) is 2.95. The Kier molecular flexibility index (Phi) is 4.09. The van der Waals surface area contributed by atoms with E-state index in [4.69, 9.17) is 0 Å². The van der Waals surface area contributed by atoms with E-state index in [1.54, 1.807) is 0 Å². The summed E-state index contributed by atoms with van der Waals surface area (Å²) in [4.78, 5) is 14.9. The number of fused-ring (bicyclic) bond motifs is 2. The number of rotatable bonds is 4. The molecule has 0 aliphatic carbocycles. The maximum absolute atomic E-state index is 12.4. The van der Waals surface area contributed by atoms with Crippen LogP contribution in [0.15, 0.2) is 53.3 Å². The summed E-state index contributed by atoms with van der Waals surface area (Å²) < 4.78 is 1.49. The smallest absolute Gasteiger partial charge is 0.277 e. The minimum atomic E-state index is -0.0513. The second-order valence-corrected chi connectivity index (χ2v) is 6.28. The van der Waals surface area contributed by atoms with Crippen molar-refractivity contribution in [1.82, 2.24) is 19.9 Å². The van der Waals surface area contributed by atoms with Gasteiger partial charge in [0.2, 0.25) is 0 Å². The fraction of sp³-hybridized carbons (Fsp3) is 0.316. The van der Waals surface area contributed by atoms with Gasteiger partial charge in [-0.3, -0.25) is 9.69 Å². The molecule has 0 atom stereocenters. The van der Waals surface area contributed by atoms with Crippen LogP contribution in [0.25, 0.3) is 10.9 Å². The van der Waals surface area contributed by atoms with E-state index in [-0.39, 0.29) is 5.56 Å². The standard InChI is InChI=1S/C19H20N4O/c24-19-17-8-3-4-9-18(17)20-21-23(19)12-5-11-22-13-10-15-6-1-2-7-16(15)14-22/h1-4,6-9H,5,10-14H2. The van der Waals surface area contributed by atoms with E-state index >= 15 is 0 Å². The molecule has 2 heterocycles. The van der Waals surface area contributed by atoms with E-state index in [9.17, 15) is 4.79 Å². The average molecular weight is 320 g/mol. The fourth-order valence-corrected chi connectivity index (χ4v) is 3.36. The van der Waals surface area contributed by atoms with Gasteiger partial charge in [0.1, 0.15) is 5.52 Å². The van der Waals surface area contributed by atoms with Crippen LogP contribution >= 0.6 is 0 Å². The van der Waals surface area contributed by atoms with Gasteiger partial charge in [0.05, 0.1) is 5.39 Å². The molecule has 0 radical (unpaired) electrons. The highest BCUT2D eigenvalue weighted by Gasteiger charge is 2.15. The van der Waals surface area contributed by atoms with Crippen molar-refractivity contribution in [3.8, 4) is 0 Å². The zero-order chi connectivity index (χ0) is 16.4. The Hall–Kier alpha value is -2.53. The van der Waals surface area contributed by atoms with Crippen molar-refractivity contribution in [3.63, 3.8) is 0 Å². The predicted molar refractivity (Wildman–Crippen MR) is 93.8 cm³/mol. The normalized spacial score (nSPS) is 14.7. The zero-order valence-electron chi connectivity index (χ0n) is 13.6. The van der Waals surface area contributed by atoms with E-state index in [0.29, 0.717) is 17.4 Å². The molecule has 0 N–H and O–H groups in total. The Morgan fingerprint density at radius 3 is 2.67 bits per heavy atom. The topological polar surface area (TPSA) is 51.0 Å². The third-order valence-corrected chi connectivity index (χ3v) is 4.68. The van der Waals surface area contributed by atoms with Crippen molar-refractivity contribution in [2.24, 2.45) is 0 Å². The van der Waals surface area contributed by atoms with Crippen LogP contribution in [-0.2, 0) is 19.5 Å². The summed E-state index contributed by atoms with van der Waals surface area (Å²) in [5.41, 5.74) is 3.49. The molecular weight excluding hydrogens is 300 g/mol. The Morgan fingerprint density at radius 1 is 0.958 bits per heavy atom. The molecule has 0 fully saturated rings. The van der Waals surface area contributed by atoms with Crippen LogP contribution in [0.1, 0.15) is 17.5 Å². The fourth-order valence-electron chi connectivity index (χ4n) is 3.36. The number of nitrogens with zero attached hydrogens (tertiary/aromatic N) is 4. The second-order valence-electron chi connectivity index (χ2n) is 6.28. The van der Waals surface area contributed by atoms with Crippen LogP contribution in [0.3, 0.4) is 0 Å². The van der Waals surface area contributed by atoms with Crippen LogP contribution in [0.4, 0.5) is 0 Å². The summed E-state index contributed by atoms with van der Waals surface area (Å²) in [6.07, 6.45) is 2.00. The van der Waals surface area contributed by atoms with Gasteiger partial charge >= 0.3 is 0 Å². The highest BCUT2D eigenvalue weighted by atomic mass is 16.1. The summed E-state index contributed by atoms with van der Waals surface area (Å²) >= 11 is 0. The van der Waals surface area contributed by atoms with Gasteiger partial charge < -0.3 is 0 Å². The van der Waals surface area contributed by atoms with Gasteiger partial charge in [-0.15, -0.1) is 5.10 Å². The second kappa shape index (κ2) is 6.53. The monoisotopic (exact) mass is 320 g/mol. The molecule has 5 heteroatoms. The number of hydrogen-bond donors (Lipinski definition) is 0. The predicted octanol–water partition coefficient (Wildman–Crippen LogP) is 2.24. The highest BCUT2D eigenvalue weighted by Crippen LogP contribution is 2.18. The lowest BCUT2D eigenvalue weighted by atomic mass is 10.00. The van der Waals surface area contributed by atoms with Crippen LogP contribution < -0.4 is 5.56 Å². The van der Waals surface area contributed by atoms with Crippen molar-refractivity contribution < 1.29 is 0 Å². The minimum absolute atomic E-state index is 0.0513. The summed E-state index contributed by atoms with van der Waals surface area (Å²) in [7, 11) is 0. The van der Waals surface area contributed by atoms with Gasteiger partial charge in [0.25, 0.3) is 5.56 Å². The molecular formula is C19H20N4O. The van der Waals surface area contributed by atoms with Gasteiger partial charge in [-0.05, 0) is 36.1 Å². The molecule has 24 heavy (non-hydrogen) atoms. The van der Waals surface area contributed by atoms with Crippen molar-refractivity contribution >= 4 is 10.9 Å². The quantitative estimate of drug-likeness (QED) is 0.740. The first-order chi connectivity index (χ1) is 11.8. The number of aryl methyl sites for hydroxylation is 1. The van der Waals surface area contributed by atoms with Gasteiger partial charge in [0.15, 0.2) is 0 Å². The number of benzene rings is 2. The third-order valence-electron chi connectivity index (χ3n) is 4.68. The SMILES string of the molecule is O=c1c2ccccc2nnn1CCCN1CCc2ccccc2C1. The van der Waals surface area contributed by atoms with Gasteiger partial charge in [-0.1, -0.05) is 41.6 Å². The summed E-state index contributed by atoms with van der Waals surface area (Å²) in [6, 6.07) is 16.0. The molecule has 0 spiro atoms. The van der Waals surface area contributed by atoms with Crippen molar-refractivity contribution in [1.29, 1.82) is 0 Å². The maximum atomic E-state index is 12.4. The van der Waals surface area contributed by atoms with Crippen molar-refractivity contribution in [3.05, 3.63) is 70.0 Å². The molecule has 1 aliphatic rings. The lowest BCUT2D eigenvalue weighted by Crippen LogP contribution is -2.33. The first-order valence-corrected chi connectivity index (χ1v) is 8.43. The van der Waals surface area contributed by atoms with Crippen LogP contribution in [0.5, 0.6) is 0 Å². The van der Waals surface area contributed by atoms with E-state index in [2.05, 4.69) is 39.5 Å². The van der Waals surface area contributed by atoms with Gasteiger partial charge in [0, 0.05) is 26.2 Å². The van der Waals surface area contributed by atoms with Gasteiger partial charge in [-0.2, -0.15) is 0 Å². The number of hydrogen-bond acceptors (Lipinski definition) is 4. The molecule has 5 nitrogen and oxygen atoms in total. The molecule has 0 saturated carbocycles. The van der Waals surface area contributed by atoms with Crippen LogP contribution in [-0.4, -0.2) is 33.0 Å². The molecule has 122 valence electrons. The minimum Gasteiger partial charge on any atom is -0.299 e. The molecule has 2 aromatic carbocycles. The Bertz CT molecular complexity index is 918. The first-order valence-electron chi connectivity index (χ1n) is 8.43. The lowest BCUT2D eigenvalue weighted by molar-refractivity contribution is 0.244. The molecule has 0 unspecified atom stereocenters. The Labute approximate surface area is 140 Å². The zero-order valence-corrected chi connectivity index (χ0v) is 13.6. The molecule has 0 saturated heterocycles. The summed E-state index contributed by atoms with van der Waals surface area (Å²) in [5.74, 6) is 0. The molecule has 0 amide bonds. The molecule has 4 rings (SSSR count). The molecule has 3 aromatic rings. The van der Waals surface area contributed by atoms with E-state index in [1.165, 1.54) is 15.8 Å². The Balaban J connectivity index is 1.40. The number of aromatic nitrogens is 3. The highest BCUT2D eigenvalue weighted by molar-refractivity contribution is 5.76. The first kappa shape index (κ1) is 15.0. The lowest BCUT2D eigenvalue weighted by Gasteiger charge is -2.28. The van der Waals surface area contributed by atoms with E-state index < -0.39 is 0 Å². The summed E-state index contributed by atoms with van der Waals surface area (Å²) in [5, 5.41) is 8.84. The van der Waals surface area contributed by atoms with Gasteiger partial charge in [-0.25, -0.2) is 4.68 Å². The van der Waals surface area contributed by atoms with Crippen LogP contribution in [0, 0.1) is 0 Å². The average Bonchev–Trinajstić information content (AvgIpc) is 2.64. The molecule has 1 aromatic heterocycles. The Morgan fingerprint density at radius 2 is 1.75 bits per heavy atom. The molecule has 1 aliphatic heterocycles. The van der Waals surface area contributed by atoms with Crippen LogP contribution in [0.2, 0.25) is 0 Å². The van der Waals surface area contributed by atoms with Crippen molar-refractivity contribution in [2.45, 2.75) is 25.9 Å². The maximum Gasteiger partial charge on any atom is 0.277 e. The van der Waals surface area contributed by atoms with Crippen molar-refractivity contribution in [2.75, 3.05) is 13.1 Å². The largest absolute Gasteiger partial charge is 0.299 e. The van der Waals surface area contributed by atoms with E-state index in [1.807, 2.05) is 24.3 Å². The molecule has 0 bridgehead atoms. The van der Waals surface area contributed by atoms with E-state index in [0.717, 1.165) is 32.5 Å². The summed E-state index contributed by atoms with van der Waals surface area (Å²) in [6.45, 7) is 3.65.